The van der Waals surface area contributed by atoms with Gasteiger partial charge >= 0.3 is 0 Å². The third kappa shape index (κ3) is 6.27. The van der Waals surface area contributed by atoms with Crippen LogP contribution in [0, 0.1) is 0 Å². The third-order valence-corrected chi connectivity index (χ3v) is 1.77. The first kappa shape index (κ1) is 14.7. The number of hydrogen-bond donors (Lipinski definition) is 2. The van der Waals surface area contributed by atoms with Gasteiger partial charge in [0.1, 0.15) is 12.4 Å². The van der Waals surface area contributed by atoms with Crippen LogP contribution in [-0.4, -0.2) is 32.7 Å². The molecule has 0 atom stereocenters. The average molecular weight is 245 g/mol. The molecule has 90 valence electrons. The van der Waals surface area contributed by atoms with E-state index in [9.17, 15) is 4.79 Å². The summed E-state index contributed by atoms with van der Waals surface area (Å²) < 4.78 is 5.40. The summed E-state index contributed by atoms with van der Waals surface area (Å²) in [7, 11) is 1.74. The van der Waals surface area contributed by atoms with Crippen LogP contribution in [0.5, 0.6) is 5.75 Å². The molecule has 0 bridgehead atoms. The Bertz CT molecular complexity index is 293. The number of ether oxygens (including phenoxy) is 1. The van der Waals surface area contributed by atoms with E-state index in [0.29, 0.717) is 19.7 Å². The third-order valence-electron chi connectivity index (χ3n) is 1.77. The maximum atomic E-state index is 11.0. The highest BCUT2D eigenvalue weighted by atomic mass is 35.5. The van der Waals surface area contributed by atoms with E-state index in [1.54, 1.807) is 7.05 Å². The Labute approximate surface area is 102 Å². The van der Waals surface area contributed by atoms with Crippen LogP contribution in [0.2, 0.25) is 0 Å². The van der Waals surface area contributed by atoms with Gasteiger partial charge in [0.15, 0.2) is 0 Å². The molecule has 0 aromatic heterocycles. The molecule has 0 aliphatic rings. The second kappa shape index (κ2) is 9.00. The molecule has 1 aromatic carbocycles. The van der Waals surface area contributed by atoms with E-state index < -0.39 is 0 Å². The van der Waals surface area contributed by atoms with Gasteiger partial charge in [-0.25, -0.2) is 0 Å². The van der Waals surface area contributed by atoms with Crippen molar-refractivity contribution < 1.29 is 9.53 Å². The number of para-hydroxylation sites is 1. The van der Waals surface area contributed by atoms with Gasteiger partial charge in [-0.15, -0.1) is 12.4 Å². The van der Waals surface area contributed by atoms with E-state index in [-0.39, 0.29) is 18.3 Å². The summed E-state index contributed by atoms with van der Waals surface area (Å²) in [6.07, 6.45) is 0. The molecule has 0 radical (unpaired) electrons. The van der Waals surface area contributed by atoms with Crippen molar-refractivity contribution in [2.75, 3.05) is 26.7 Å². The number of halogens is 1. The Morgan fingerprint density at radius 3 is 2.62 bits per heavy atom. The van der Waals surface area contributed by atoms with Gasteiger partial charge in [0.05, 0.1) is 13.1 Å². The number of likely N-dealkylation sites (N-methyl/N-ethyl adjacent to an activating group) is 1. The zero-order valence-electron chi connectivity index (χ0n) is 9.23. The van der Waals surface area contributed by atoms with Crippen molar-refractivity contribution in [2.45, 2.75) is 0 Å². The van der Waals surface area contributed by atoms with Crippen molar-refractivity contribution in [3.8, 4) is 5.75 Å². The molecular weight excluding hydrogens is 228 g/mol. The highest BCUT2D eigenvalue weighted by Gasteiger charge is 1.97. The maximum absolute atomic E-state index is 11.0. The zero-order chi connectivity index (χ0) is 10.9. The minimum Gasteiger partial charge on any atom is -0.492 e. The van der Waals surface area contributed by atoms with Crippen molar-refractivity contribution >= 4 is 18.3 Å². The number of hydrogen-bond acceptors (Lipinski definition) is 3. The monoisotopic (exact) mass is 244 g/mol. The fourth-order valence-corrected chi connectivity index (χ4v) is 1.10. The molecule has 16 heavy (non-hydrogen) atoms. The Hall–Kier alpha value is -1.26. The normalized spacial score (nSPS) is 9.06. The van der Waals surface area contributed by atoms with E-state index in [4.69, 9.17) is 4.74 Å². The molecule has 5 heteroatoms. The quantitative estimate of drug-likeness (QED) is 0.729. The number of rotatable bonds is 6. The smallest absolute Gasteiger partial charge is 0.234 e. The van der Waals surface area contributed by atoms with Crippen LogP contribution in [-0.2, 0) is 4.79 Å². The van der Waals surface area contributed by atoms with Crippen LogP contribution >= 0.6 is 12.4 Å². The van der Waals surface area contributed by atoms with Crippen LogP contribution in [0.15, 0.2) is 30.3 Å². The second-order valence-corrected chi connectivity index (χ2v) is 3.04. The number of benzene rings is 1. The lowest BCUT2D eigenvalue weighted by atomic mass is 10.3. The predicted octanol–water partition coefficient (Wildman–Crippen LogP) is 0.823. The van der Waals surface area contributed by atoms with Gasteiger partial charge in [0.25, 0.3) is 0 Å². The Kier molecular flexibility index (Phi) is 8.29. The van der Waals surface area contributed by atoms with Crippen molar-refractivity contribution in [3.05, 3.63) is 30.3 Å². The van der Waals surface area contributed by atoms with E-state index in [2.05, 4.69) is 10.6 Å². The molecule has 0 aliphatic carbocycles. The van der Waals surface area contributed by atoms with Crippen molar-refractivity contribution in [3.63, 3.8) is 0 Å². The van der Waals surface area contributed by atoms with E-state index >= 15 is 0 Å². The molecule has 1 amide bonds. The van der Waals surface area contributed by atoms with Crippen molar-refractivity contribution in [1.29, 1.82) is 0 Å². The lowest BCUT2D eigenvalue weighted by molar-refractivity contribution is -0.120. The van der Waals surface area contributed by atoms with Gasteiger partial charge < -0.3 is 15.4 Å². The molecule has 2 N–H and O–H groups in total. The SMILES string of the molecule is CNCC(=O)NCCOc1ccccc1.Cl. The highest BCUT2D eigenvalue weighted by Crippen LogP contribution is 2.07. The van der Waals surface area contributed by atoms with Crippen LogP contribution in [0.25, 0.3) is 0 Å². The average Bonchev–Trinajstić information content (AvgIpc) is 2.26. The van der Waals surface area contributed by atoms with Gasteiger partial charge in [-0.1, -0.05) is 18.2 Å². The number of carbonyl (C=O) groups is 1. The van der Waals surface area contributed by atoms with Gasteiger partial charge in [0, 0.05) is 0 Å². The summed E-state index contributed by atoms with van der Waals surface area (Å²) in [6.45, 7) is 1.35. The zero-order valence-corrected chi connectivity index (χ0v) is 10.0. The van der Waals surface area contributed by atoms with Crippen molar-refractivity contribution in [1.82, 2.24) is 10.6 Å². The molecule has 0 heterocycles. The second-order valence-electron chi connectivity index (χ2n) is 3.04. The fourth-order valence-electron chi connectivity index (χ4n) is 1.10. The first-order valence-corrected chi connectivity index (χ1v) is 4.92. The van der Waals surface area contributed by atoms with Crippen LogP contribution < -0.4 is 15.4 Å². The predicted molar refractivity (Wildman–Crippen MR) is 66.1 cm³/mol. The Balaban J connectivity index is 0.00000225. The summed E-state index contributed by atoms with van der Waals surface area (Å²) in [5.74, 6) is 0.800. The first-order valence-electron chi connectivity index (χ1n) is 4.92. The molecular formula is C11H17ClN2O2. The number of amides is 1. The van der Waals surface area contributed by atoms with E-state index in [0.717, 1.165) is 5.75 Å². The largest absolute Gasteiger partial charge is 0.492 e. The Morgan fingerprint density at radius 2 is 2.00 bits per heavy atom. The molecule has 1 rings (SSSR count). The van der Waals surface area contributed by atoms with Gasteiger partial charge in [0.2, 0.25) is 5.91 Å². The maximum Gasteiger partial charge on any atom is 0.234 e. The minimum absolute atomic E-state index is 0. The fraction of sp³-hybridized carbons (Fsp3) is 0.364. The van der Waals surface area contributed by atoms with E-state index in [1.165, 1.54) is 0 Å². The lowest BCUT2D eigenvalue weighted by Gasteiger charge is -2.07. The molecule has 0 fully saturated rings. The van der Waals surface area contributed by atoms with E-state index in [1.807, 2.05) is 30.3 Å². The first-order chi connectivity index (χ1) is 7.33. The molecule has 0 unspecified atom stereocenters. The standard InChI is InChI=1S/C11H16N2O2.ClH/c1-12-9-11(14)13-7-8-15-10-5-3-2-4-6-10;/h2-6,12H,7-9H2,1H3,(H,13,14);1H. The molecule has 1 aromatic rings. The van der Waals surface area contributed by atoms with Crippen molar-refractivity contribution in [2.24, 2.45) is 0 Å². The molecule has 4 nitrogen and oxygen atoms in total. The summed E-state index contributed by atoms with van der Waals surface area (Å²) in [4.78, 5) is 11.0. The van der Waals surface area contributed by atoms with Gasteiger partial charge in [-0.3, -0.25) is 4.79 Å². The summed E-state index contributed by atoms with van der Waals surface area (Å²) >= 11 is 0. The van der Waals surface area contributed by atoms with Gasteiger partial charge in [-0.2, -0.15) is 0 Å². The summed E-state index contributed by atoms with van der Waals surface area (Å²) in [5.41, 5.74) is 0. The van der Waals surface area contributed by atoms with Gasteiger partial charge in [-0.05, 0) is 19.2 Å². The van der Waals surface area contributed by atoms with Crippen LogP contribution in [0.1, 0.15) is 0 Å². The lowest BCUT2D eigenvalue weighted by Crippen LogP contribution is -2.34. The Morgan fingerprint density at radius 1 is 1.31 bits per heavy atom. The molecule has 0 aliphatic heterocycles. The summed E-state index contributed by atoms with van der Waals surface area (Å²) in [5, 5.41) is 5.50. The molecule has 0 saturated heterocycles. The molecule has 0 saturated carbocycles. The summed E-state index contributed by atoms with van der Waals surface area (Å²) in [6, 6.07) is 9.52. The topological polar surface area (TPSA) is 50.4 Å². The number of nitrogens with one attached hydrogen (secondary N) is 2. The number of carbonyl (C=O) groups excluding carboxylic acids is 1. The highest BCUT2D eigenvalue weighted by molar-refractivity contribution is 5.85. The molecule has 0 spiro atoms. The minimum atomic E-state index is -0.0193. The van der Waals surface area contributed by atoms with Crippen LogP contribution in [0.4, 0.5) is 0 Å². The van der Waals surface area contributed by atoms with Crippen LogP contribution in [0.3, 0.4) is 0 Å².